The van der Waals surface area contributed by atoms with Gasteiger partial charge in [0, 0.05) is 73.0 Å². The van der Waals surface area contributed by atoms with Gasteiger partial charge in [-0.05, 0) is 104 Å². The monoisotopic (exact) mass is 1160 g/mol. The third kappa shape index (κ3) is 10.9. The number of hydrogen-bond donors (Lipinski definition) is 5. The minimum Gasteiger partial charge on any atom is -0.462 e. The summed E-state index contributed by atoms with van der Waals surface area (Å²) in [5.41, 5.74) is 6.05. The molecule has 5 aliphatic heterocycles. The number of nitrogen functional groups attached to an aromatic ring is 1. The second-order valence-corrected chi connectivity index (χ2v) is 24.9. The first-order chi connectivity index (χ1) is 39.3. The fourth-order valence-electron chi connectivity index (χ4n) is 13.2. The summed E-state index contributed by atoms with van der Waals surface area (Å²) in [5.74, 6) is -3.60. The molecule has 432 valence electrons. The average Bonchev–Trinajstić information content (AvgIpc) is 2.10. The van der Waals surface area contributed by atoms with E-state index in [-0.39, 0.29) is 116 Å². The highest BCUT2D eigenvalue weighted by Crippen LogP contribution is 2.46. The Labute approximate surface area is 481 Å². The van der Waals surface area contributed by atoms with E-state index < -0.39 is 71.3 Å². The lowest BCUT2D eigenvalue weighted by Crippen LogP contribution is -2.60. The molecule has 0 aliphatic carbocycles. The summed E-state index contributed by atoms with van der Waals surface area (Å²) >= 11 is 7.88. The van der Waals surface area contributed by atoms with Crippen molar-refractivity contribution in [3.63, 3.8) is 0 Å². The Morgan fingerprint density at radius 3 is 2.40 bits per heavy atom. The van der Waals surface area contributed by atoms with Crippen molar-refractivity contribution in [3.8, 4) is 34.3 Å². The molecular formula is C60H65ClF4N10O6S. The van der Waals surface area contributed by atoms with Gasteiger partial charge < -0.3 is 46.0 Å². The summed E-state index contributed by atoms with van der Waals surface area (Å²) in [6, 6.07) is 13.0. The molecule has 7 heterocycles. The highest BCUT2D eigenvalue weighted by Gasteiger charge is 2.50. The number of nitrogens with zero attached hydrogens (tertiary/aromatic N) is 7. The maximum absolute atomic E-state index is 17.4. The van der Waals surface area contributed by atoms with E-state index in [4.69, 9.17) is 32.0 Å². The molecule has 5 fully saturated rings. The topological polar surface area (TPSA) is 214 Å². The van der Waals surface area contributed by atoms with Crippen molar-refractivity contribution in [1.82, 2.24) is 35.3 Å². The Bertz CT molecular complexity index is 3480. The number of ether oxygens (including phenoxy) is 1. The van der Waals surface area contributed by atoms with Crippen molar-refractivity contribution in [2.75, 3.05) is 56.6 Å². The number of fused-ring (bicyclic) bond motifs is 4. The van der Waals surface area contributed by atoms with Crippen LogP contribution in [0.4, 0.5) is 28.4 Å². The number of benzene rings is 4. The van der Waals surface area contributed by atoms with Crippen LogP contribution in [0.15, 0.2) is 60.7 Å². The number of aromatic nitrogens is 2. The number of hydrogen-bond acceptors (Lipinski definition) is 14. The zero-order valence-electron chi connectivity index (χ0n) is 45.7. The number of aliphatic hydroxyl groups is 2. The molecule has 6 N–H and O–H groups in total. The molecule has 22 heteroatoms. The molecular weight excluding hydrogens is 1100 g/mol. The molecule has 0 saturated carbocycles. The van der Waals surface area contributed by atoms with Gasteiger partial charge in [-0.3, -0.25) is 19.3 Å². The molecule has 8 atom stereocenters. The third-order valence-electron chi connectivity index (χ3n) is 17.1. The van der Waals surface area contributed by atoms with Gasteiger partial charge in [-0.1, -0.05) is 68.8 Å². The minimum absolute atomic E-state index is 0.0166. The molecule has 5 saturated heterocycles. The van der Waals surface area contributed by atoms with E-state index in [0.717, 1.165) is 55.7 Å². The first-order valence-electron chi connectivity index (χ1n) is 28.1. The van der Waals surface area contributed by atoms with Crippen LogP contribution in [0, 0.1) is 40.0 Å². The molecule has 16 nitrogen and oxygen atoms in total. The smallest absolute Gasteiger partial charge is 0.319 e. The second kappa shape index (κ2) is 23.2. The van der Waals surface area contributed by atoms with Crippen molar-refractivity contribution >= 4 is 72.5 Å². The van der Waals surface area contributed by atoms with Gasteiger partial charge in [0.05, 0.1) is 39.6 Å². The fourth-order valence-corrected chi connectivity index (χ4v) is 14.4. The summed E-state index contributed by atoms with van der Waals surface area (Å²) in [4.78, 5) is 60.1. The number of anilines is 2. The number of carbonyl (C=O) groups excluding carboxylic acids is 3. The lowest BCUT2D eigenvalue weighted by Gasteiger charge is -2.43. The predicted octanol–water partition coefficient (Wildman–Crippen LogP) is 8.62. The summed E-state index contributed by atoms with van der Waals surface area (Å²) in [6.07, 6.45) is 4.65. The third-order valence-corrected chi connectivity index (χ3v) is 18.4. The SMILES string of the molecule is CC(C)(C)[C@@H](C(=O)N1C[C@H](O)C[C@H]1C(=O)N[C@@H](CO)c1ccc(-c2c(F)cccc2F)cc1)N1C(=O)CC[C@@H]1CCCN1CCC[C@H]1COc1nc(N2CC3CCC(C2)N3)c2cc(Cl)c(-c3ccc(F)c4sc(N)c(C#N)c34)c(F)c2n1. The summed E-state index contributed by atoms with van der Waals surface area (Å²) in [7, 11) is 0. The van der Waals surface area contributed by atoms with E-state index in [2.05, 4.69) is 26.5 Å². The van der Waals surface area contributed by atoms with E-state index in [0.29, 0.717) is 55.7 Å². The molecule has 5 aliphatic rings. The van der Waals surface area contributed by atoms with Gasteiger partial charge in [0.2, 0.25) is 17.7 Å². The number of piperazine rings is 1. The molecule has 2 unspecified atom stereocenters. The Hall–Kier alpha value is -6.67. The standard InChI is InChI=1S/C60H65ClF4N10O6S/c1-60(2,3)54(58(80)74-28-37(77)23-46(74)57(79)69-45(29-76)31-11-13-32(14-12-31)48-42(62)9-4-10-43(48)63)75-35(17-20-47(75)78)7-5-21-72-22-6-8-36(72)30-81-59-70-52-39(56(71-59)73-26-33-15-16-34(27-73)68-33)24-41(61)50(51(52)65)38-18-19-44(64)53-49(38)40(25-66)55(67)82-53/h4,9-14,18-19,24,33-37,45-46,54,68,76-77H,5-8,15-17,20-23,26-30,67H2,1-3H3,(H,69,79)/t33?,34?,35-,36-,37+,45-,46-,54+/m0/s1. The number of nitrogens with two attached hydrogens (primary N) is 1. The van der Waals surface area contributed by atoms with Crippen molar-refractivity contribution in [2.45, 2.75) is 127 Å². The normalized spacial score (nSPS) is 22.8. The minimum atomic E-state index is -1.12. The molecule has 4 aromatic carbocycles. The molecule has 2 aromatic heterocycles. The van der Waals surface area contributed by atoms with Crippen molar-refractivity contribution < 1.29 is 46.9 Å². The molecule has 2 bridgehead atoms. The van der Waals surface area contributed by atoms with E-state index in [1.807, 2.05) is 20.8 Å². The lowest BCUT2D eigenvalue weighted by atomic mass is 9.83. The molecule has 0 spiro atoms. The number of halogens is 5. The molecule has 0 radical (unpaired) electrons. The van der Waals surface area contributed by atoms with Crippen molar-refractivity contribution in [1.29, 1.82) is 5.26 Å². The molecule has 6 aromatic rings. The van der Waals surface area contributed by atoms with Crippen LogP contribution >= 0.6 is 22.9 Å². The first kappa shape index (κ1) is 57.2. The van der Waals surface area contributed by atoms with Crippen LogP contribution in [0.25, 0.3) is 43.2 Å². The van der Waals surface area contributed by atoms with Crippen LogP contribution in [0.3, 0.4) is 0 Å². The molecule has 82 heavy (non-hydrogen) atoms. The van der Waals surface area contributed by atoms with Crippen LogP contribution < -0.4 is 26.0 Å². The van der Waals surface area contributed by atoms with Gasteiger partial charge in [0.25, 0.3) is 0 Å². The Morgan fingerprint density at radius 2 is 1.71 bits per heavy atom. The predicted molar refractivity (Wildman–Crippen MR) is 305 cm³/mol. The van der Waals surface area contributed by atoms with Gasteiger partial charge in [-0.25, -0.2) is 17.6 Å². The largest absolute Gasteiger partial charge is 0.462 e. The number of aliphatic hydroxyl groups excluding tert-OH is 2. The Balaban J connectivity index is 0.778. The van der Waals surface area contributed by atoms with E-state index in [1.165, 1.54) is 35.2 Å². The van der Waals surface area contributed by atoms with Crippen molar-refractivity contribution in [2.24, 2.45) is 5.41 Å². The van der Waals surface area contributed by atoms with Crippen LogP contribution in [0.1, 0.15) is 95.7 Å². The number of amides is 3. The maximum atomic E-state index is 17.4. The van der Waals surface area contributed by atoms with E-state index in [9.17, 15) is 38.6 Å². The highest BCUT2D eigenvalue weighted by atomic mass is 35.5. The van der Waals surface area contributed by atoms with Gasteiger partial charge >= 0.3 is 6.01 Å². The number of β-amino-alcohol motifs (C(OH)–C–C–N with tert-alkyl or cyclic N) is 1. The van der Waals surface area contributed by atoms with Gasteiger partial charge in [0.1, 0.15) is 58.5 Å². The van der Waals surface area contributed by atoms with Gasteiger partial charge in [-0.2, -0.15) is 15.2 Å². The van der Waals surface area contributed by atoms with E-state index in [1.54, 1.807) is 23.1 Å². The lowest BCUT2D eigenvalue weighted by molar-refractivity contribution is -0.152. The van der Waals surface area contributed by atoms with Crippen LogP contribution in [0.5, 0.6) is 6.01 Å². The van der Waals surface area contributed by atoms with Gasteiger partial charge in [-0.15, -0.1) is 11.3 Å². The number of rotatable bonds is 16. The average molecular weight is 1170 g/mol. The Morgan fingerprint density at radius 1 is 0.976 bits per heavy atom. The Kier molecular flexibility index (Phi) is 16.2. The summed E-state index contributed by atoms with van der Waals surface area (Å²) in [6.45, 7) is 7.86. The number of nitrogens with one attached hydrogen (secondary N) is 2. The summed E-state index contributed by atoms with van der Waals surface area (Å²) in [5, 5.41) is 38.6. The van der Waals surface area contributed by atoms with Crippen LogP contribution in [-0.2, 0) is 14.4 Å². The second-order valence-electron chi connectivity index (χ2n) is 23.5. The fraction of sp³-hybridized carbons (Fsp3) is 0.467. The zero-order chi connectivity index (χ0) is 57.9. The highest BCUT2D eigenvalue weighted by molar-refractivity contribution is 7.23. The molecule has 3 amide bonds. The molecule has 11 rings (SSSR count). The van der Waals surface area contributed by atoms with Crippen molar-refractivity contribution in [3.05, 3.63) is 100 Å². The van der Waals surface area contributed by atoms with Crippen LogP contribution in [-0.4, -0.2) is 141 Å². The van der Waals surface area contributed by atoms with Crippen LogP contribution in [0.2, 0.25) is 5.02 Å². The van der Waals surface area contributed by atoms with Gasteiger partial charge in [0.15, 0.2) is 5.82 Å². The zero-order valence-corrected chi connectivity index (χ0v) is 47.3. The number of thiophene rings is 1. The number of carbonyl (C=O) groups is 3. The summed E-state index contributed by atoms with van der Waals surface area (Å²) < 4.78 is 68.3. The number of likely N-dealkylation sites (tertiary alicyclic amines) is 3. The quantitative estimate of drug-likeness (QED) is 0.0575. The first-order valence-corrected chi connectivity index (χ1v) is 29.2. The van der Waals surface area contributed by atoms with E-state index >= 15 is 8.78 Å². The maximum Gasteiger partial charge on any atom is 0.319 e. The number of nitriles is 1.